The summed E-state index contributed by atoms with van der Waals surface area (Å²) in [6.07, 6.45) is 1.46. The van der Waals surface area contributed by atoms with Crippen molar-refractivity contribution in [1.82, 2.24) is 4.90 Å². The van der Waals surface area contributed by atoms with Gasteiger partial charge in [0.15, 0.2) is 0 Å². The van der Waals surface area contributed by atoms with Crippen LogP contribution in [0.1, 0.15) is 32.3 Å². The van der Waals surface area contributed by atoms with E-state index in [1.54, 1.807) is 0 Å². The molecule has 1 aromatic carbocycles. The first-order valence-corrected chi connectivity index (χ1v) is 7.16. The lowest BCUT2D eigenvalue weighted by atomic mass is 9.83. The molecule has 0 aromatic heterocycles. The topological polar surface area (TPSA) is 46.3 Å². The molecule has 0 radical (unpaired) electrons. The summed E-state index contributed by atoms with van der Waals surface area (Å²) in [5, 5.41) is 0. The molecule has 1 aliphatic rings. The predicted molar refractivity (Wildman–Crippen MR) is 77.7 cm³/mol. The maximum Gasteiger partial charge on any atom is 0.139 e. The van der Waals surface area contributed by atoms with Gasteiger partial charge in [0.25, 0.3) is 0 Å². The van der Waals surface area contributed by atoms with Crippen molar-refractivity contribution in [3.63, 3.8) is 0 Å². The molecule has 0 spiro atoms. The highest BCUT2D eigenvalue weighted by molar-refractivity contribution is 5.83. The van der Waals surface area contributed by atoms with Gasteiger partial charge in [0.2, 0.25) is 0 Å². The van der Waals surface area contributed by atoms with E-state index in [0.29, 0.717) is 24.8 Å². The number of nitrogens with two attached hydrogens (primary N) is 1. The summed E-state index contributed by atoms with van der Waals surface area (Å²) in [5.74, 6) is 0.486. The van der Waals surface area contributed by atoms with Crippen molar-refractivity contribution in [2.75, 3.05) is 6.54 Å². The average Bonchev–Trinajstić information content (AvgIpc) is 2.41. The molecule has 3 atom stereocenters. The van der Waals surface area contributed by atoms with Crippen LogP contribution in [0.25, 0.3) is 0 Å². The quantitative estimate of drug-likeness (QED) is 0.903. The molecule has 0 saturated carbocycles. The molecule has 104 valence electrons. The molecule has 1 unspecified atom stereocenters. The zero-order valence-electron chi connectivity index (χ0n) is 11.9. The Bertz CT molecular complexity index is 418. The van der Waals surface area contributed by atoms with E-state index in [2.05, 4.69) is 43.0 Å². The SMILES string of the molecule is C[C@@H]1CC(=O)C(CCN)[C@H](C)N1Cc1ccccc1. The smallest absolute Gasteiger partial charge is 0.139 e. The summed E-state index contributed by atoms with van der Waals surface area (Å²) in [5.41, 5.74) is 6.95. The third-order valence-electron chi connectivity index (χ3n) is 4.27. The van der Waals surface area contributed by atoms with E-state index in [1.165, 1.54) is 5.56 Å². The van der Waals surface area contributed by atoms with E-state index in [9.17, 15) is 4.79 Å². The van der Waals surface area contributed by atoms with E-state index < -0.39 is 0 Å². The van der Waals surface area contributed by atoms with Crippen LogP contribution in [0.5, 0.6) is 0 Å². The highest BCUT2D eigenvalue weighted by Crippen LogP contribution is 2.28. The fourth-order valence-electron chi connectivity index (χ4n) is 3.14. The summed E-state index contributed by atoms with van der Waals surface area (Å²) < 4.78 is 0. The summed E-state index contributed by atoms with van der Waals surface area (Å²) in [6.45, 7) is 5.82. The van der Waals surface area contributed by atoms with Gasteiger partial charge in [-0.3, -0.25) is 9.69 Å². The van der Waals surface area contributed by atoms with Crippen molar-refractivity contribution in [1.29, 1.82) is 0 Å². The Balaban J connectivity index is 2.12. The molecule has 2 N–H and O–H groups in total. The van der Waals surface area contributed by atoms with Gasteiger partial charge < -0.3 is 5.73 Å². The Morgan fingerprint density at radius 3 is 2.58 bits per heavy atom. The average molecular weight is 260 g/mol. The minimum Gasteiger partial charge on any atom is -0.330 e. The van der Waals surface area contributed by atoms with Gasteiger partial charge in [-0.05, 0) is 32.4 Å². The van der Waals surface area contributed by atoms with Crippen LogP contribution in [-0.4, -0.2) is 29.3 Å². The fraction of sp³-hybridized carbons (Fsp3) is 0.562. The third-order valence-corrected chi connectivity index (χ3v) is 4.27. The maximum atomic E-state index is 12.1. The second-order valence-electron chi connectivity index (χ2n) is 5.60. The van der Waals surface area contributed by atoms with Crippen LogP contribution in [-0.2, 0) is 11.3 Å². The van der Waals surface area contributed by atoms with Gasteiger partial charge in [-0.1, -0.05) is 30.3 Å². The van der Waals surface area contributed by atoms with E-state index in [4.69, 9.17) is 5.73 Å². The number of carbonyl (C=O) groups is 1. The first-order chi connectivity index (χ1) is 9.13. The lowest BCUT2D eigenvalue weighted by molar-refractivity contribution is -0.131. The van der Waals surface area contributed by atoms with Crippen LogP contribution < -0.4 is 5.73 Å². The minimum absolute atomic E-state index is 0.102. The highest BCUT2D eigenvalue weighted by Gasteiger charge is 2.37. The minimum atomic E-state index is 0.102. The fourth-order valence-corrected chi connectivity index (χ4v) is 3.14. The standard InChI is InChI=1S/C16H24N2O/c1-12-10-16(19)15(8-9-17)13(2)18(12)11-14-6-4-3-5-7-14/h3-7,12-13,15H,8-11,17H2,1-2H3/t12-,13+,15?/m1/s1. The summed E-state index contributed by atoms with van der Waals surface area (Å²) in [4.78, 5) is 14.6. The van der Waals surface area contributed by atoms with Crippen LogP contribution in [0.15, 0.2) is 30.3 Å². The molecule has 0 aliphatic carbocycles. The van der Waals surface area contributed by atoms with Crippen molar-refractivity contribution in [2.24, 2.45) is 11.7 Å². The number of rotatable bonds is 4. The molecule has 1 saturated heterocycles. The number of hydrogen-bond acceptors (Lipinski definition) is 3. The lowest BCUT2D eigenvalue weighted by Gasteiger charge is -2.43. The Morgan fingerprint density at radius 1 is 1.26 bits per heavy atom. The number of benzene rings is 1. The Kier molecular flexibility index (Phi) is 4.72. The van der Waals surface area contributed by atoms with Crippen LogP contribution in [0.3, 0.4) is 0 Å². The van der Waals surface area contributed by atoms with Crippen LogP contribution in [0.2, 0.25) is 0 Å². The number of likely N-dealkylation sites (tertiary alicyclic amines) is 1. The second kappa shape index (κ2) is 6.31. The number of piperidine rings is 1. The normalized spacial score (nSPS) is 28.6. The molecule has 3 nitrogen and oxygen atoms in total. The Hall–Kier alpha value is -1.19. The second-order valence-corrected chi connectivity index (χ2v) is 5.60. The van der Waals surface area contributed by atoms with E-state index in [0.717, 1.165) is 13.0 Å². The van der Waals surface area contributed by atoms with Crippen LogP contribution in [0, 0.1) is 5.92 Å². The van der Waals surface area contributed by atoms with E-state index in [-0.39, 0.29) is 12.0 Å². The molecule has 0 bridgehead atoms. The van der Waals surface area contributed by atoms with Crippen molar-refractivity contribution in [3.8, 4) is 0 Å². The number of ketones is 1. The van der Waals surface area contributed by atoms with Gasteiger partial charge in [0, 0.05) is 31.0 Å². The lowest BCUT2D eigenvalue weighted by Crippen LogP contribution is -2.52. The number of hydrogen-bond donors (Lipinski definition) is 1. The van der Waals surface area contributed by atoms with Crippen molar-refractivity contribution in [3.05, 3.63) is 35.9 Å². The van der Waals surface area contributed by atoms with Crippen molar-refractivity contribution >= 4 is 5.78 Å². The maximum absolute atomic E-state index is 12.1. The van der Waals surface area contributed by atoms with Crippen LogP contribution >= 0.6 is 0 Å². The zero-order chi connectivity index (χ0) is 13.8. The first kappa shape index (κ1) is 14.2. The molecule has 0 amide bonds. The third kappa shape index (κ3) is 3.23. The van der Waals surface area contributed by atoms with E-state index in [1.807, 2.05) is 6.07 Å². The van der Waals surface area contributed by atoms with Gasteiger partial charge in [0.1, 0.15) is 5.78 Å². The van der Waals surface area contributed by atoms with E-state index >= 15 is 0 Å². The molecule has 1 aliphatic heterocycles. The largest absolute Gasteiger partial charge is 0.330 e. The van der Waals surface area contributed by atoms with Gasteiger partial charge in [-0.15, -0.1) is 0 Å². The van der Waals surface area contributed by atoms with Gasteiger partial charge >= 0.3 is 0 Å². The molecule has 3 heteroatoms. The van der Waals surface area contributed by atoms with Crippen molar-refractivity contribution < 1.29 is 4.79 Å². The Morgan fingerprint density at radius 2 is 1.95 bits per heavy atom. The van der Waals surface area contributed by atoms with Crippen LogP contribution in [0.4, 0.5) is 0 Å². The summed E-state index contributed by atoms with van der Waals surface area (Å²) in [6, 6.07) is 11.1. The highest BCUT2D eigenvalue weighted by atomic mass is 16.1. The summed E-state index contributed by atoms with van der Waals surface area (Å²) >= 11 is 0. The molecule has 1 aromatic rings. The number of nitrogens with zero attached hydrogens (tertiary/aromatic N) is 1. The molecule has 2 rings (SSSR count). The summed E-state index contributed by atoms with van der Waals surface area (Å²) in [7, 11) is 0. The molecule has 1 heterocycles. The first-order valence-electron chi connectivity index (χ1n) is 7.16. The predicted octanol–water partition coefficient (Wildman–Crippen LogP) is 2.20. The van der Waals surface area contributed by atoms with Gasteiger partial charge in [-0.2, -0.15) is 0 Å². The Labute approximate surface area is 115 Å². The monoisotopic (exact) mass is 260 g/mol. The molecular formula is C16H24N2O. The number of Topliss-reactive ketones (excluding diaryl/α,β-unsaturated/α-hetero) is 1. The van der Waals surface area contributed by atoms with Gasteiger partial charge in [-0.25, -0.2) is 0 Å². The van der Waals surface area contributed by atoms with Crippen molar-refractivity contribution in [2.45, 2.75) is 45.3 Å². The molecular weight excluding hydrogens is 236 g/mol. The van der Waals surface area contributed by atoms with Gasteiger partial charge in [0.05, 0.1) is 0 Å². The molecule has 1 fully saturated rings. The zero-order valence-corrected chi connectivity index (χ0v) is 11.9. The molecule has 19 heavy (non-hydrogen) atoms. The number of carbonyl (C=O) groups excluding carboxylic acids is 1.